The molecule has 4 rings (SSSR count). The van der Waals surface area contributed by atoms with Gasteiger partial charge in [-0.25, -0.2) is 4.98 Å². The number of hydrogen-bond acceptors (Lipinski definition) is 4. The van der Waals surface area contributed by atoms with Crippen LogP contribution in [0.25, 0.3) is 0 Å². The van der Waals surface area contributed by atoms with Crippen molar-refractivity contribution in [1.29, 1.82) is 0 Å². The second kappa shape index (κ2) is 5.71. The summed E-state index contributed by atoms with van der Waals surface area (Å²) >= 11 is 0. The van der Waals surface area contributed by atoms with E-state index in [1.807, 2.05) is 12.5 Å². The Morgan fingerprint density at radius 1 is 1.14 bits per heavy atom. The number of nitrogens with two attached hydrogens (primary N) is 1. The fourth-order valence-electron chi connectivity index (χ4n) is 4.14. The molecule has 1 saturated carbocycles. The van der Waals surface area contributed by atoms with Crippen LogP contribution >= 0.6 is 0 Å². The lowest BCUT2D eigenvalue weighted by atomic mass is 10.2. The van der Waals surface area contributed by atoms with Gasteiger partial charge in [0.2, 0.25) is 0 Å². The van der Waals surface area contributed by atoms with Gasteiger partial charge in [-0.1, -0.05) is 0 Å². The van der Waals surface area contributed by atoms with Crippen molar-refractivity contribution in [2.24, 2.45) is 5.73 Å². The van der Waals surface area contributed by atoms with E-state index in [1.54, 1.807) is 0 Å². The normalized spacial score (nSPS) is 29.3. The van der Waals surface area contributed by atoms with Gasteiger partial charge in [-0.2, -0.15) is 0 Å². The Morgan fingerprint density at radius 3 is 2.67 bits per heavy atom. The lowest BCUT2D eigenvalue weighted by molar-refractivity contribution is 0.198. The van der Waals surface area contributed by atoms with Crippen LogP contribution in [0.2, 0.25) is 0 Å². The highest BCUT2D eigenvalue weighted by Crippen LogP contribution is 2.38. The quantitative estimate of drug-likeness (QED) is 0.890. The molecule has 116 valence electrons. The van der Waals surface area contributed by atoms with E-state index in [9.17, 15) is 0 Å². The molecular weight excluding hydrogens is 262 g/mol. The number of likely N-dealkylation sites (tertiary alicyclic amines) is 2. The van der Waals surface area contributed by atoms with Gasteiger partial charge in [0.05, 0.1) is 18.1 Å². The van der Waals surface area contributed by atoms with Crippen LogP contribution in [0.4, 0.5) is 0 Å². The van der Waals surface area contributed by atoms with Crippen molar-refractivity contribution in [2.45, 2.75) is 50.2 Å². The minimum absolute atomic E-state index is 0.348. The molecule has 0 spiro atoms. The molecule has 0 radical (unpaired) electrons. The second-order valence-corrected chi connectivity index (χ2v) is 6.89. The predicted molar refractivity (Wildman–Crippen MR) is 83.1 cm³/mol. The summed E-state index contributed by atoms with van der Waals surface area (Å²) in [7, 11) is 0. The monoisotopic (exact) mass is 289 g/mol. The second-order valence-electron chi connectivity index (χ2n) is 6.89. The molecule has 1 aliphatic carbocycles. The van der Waals surface area contributed by atoms with Gasteiger partial charge in [0, 0.05) is 37.9 Å². The molecule has 0 amide bonds. The van der Waals surface area contributed by atoms with Crippen molar-refractivity contribution in [3.63, 3.8) is 0 Å². The maximum atomic E-state index is 6.14. The SMILES string of the molecule is NCC(c1cncn1C1CC1)N1CCC(N2CCCC2)C1. The van der Waals surface area contributed by atoms with Crippen LogP contribution in [-0.2, 0) is 0 Å². The molecular formula is C16H27N5. The molecule has 3 heterocycles. The van der Waals surface area contributed by atoms with Gasteiger partial charge in [-0.3, -0.25) is 9.80 Å². The van der Waals surface area contributed by atoms with Crippen LogP contribution in [0, 0.1) is 0 Å². The molecule has 5 nitrogen and oxygen atoms in total. The smallest absolute Gasteiger partial charge is 0.0951 e. The minimum atomic E-state index is 0.348. The van der Waals surface area contributed by atoms with Gasteiger partial charge in [0.25, 0.3) is 0 Å². The summed E-state index contributed by atoms with van der Waals surface area (Å²) < 4.78 is 2.38. The van der Waals surface area contributed by atoms with Crippen molar-refractivity contribution >= 4 is 0 Å². The van der Waals surface area contributed by atoms with Crippen molar-refractivity contribution in [3.8, 4) is 0 Å². The highest BCUT2D eigenvalue weighted by Gasteiger charge is 2.35. The zero-order chi connectivity index (χ0) is 14.2. The maximum Gasteiger partial charge on any atom is 0.0951 e. The number of rotatable bonds is 5. The van der Waals surface area contributed by atoms with E-state index in [-0.39, 0.29) is 0 Å². The molecule has 5 heteroatoms. The van der Waals surface area contributed by atoms with Crippen LogP contribution in [0.3, 0.4) is 0 Å². The topological polar surface area (TPSA) is 50.3 Å². The molecule has 2 aliphatic heterocycles. The molecule has 2 N–H and O–H groups in total. The fourth-order valence-corrected chi connectivity index (χ4v) is 4.14. The number of nitrogens with zero attached hydrogens (tertiary/aromatic N) is 4. The number of imidazole rings is 1. The van der Waals surface area contributed by atoms with Crippen LogP contribution in [-0.4, -0.2) is 58.1 Å². The van der Waals surface area contributed by atoms with Crippen LogP contribution in [0.5, 0.6) is 0 Å². The molecule has 0 aromatic carbocycles. The van der Waals surface area contributed by atoms with Gasteiger partial charge >= 0.3 is 0 Å². The molecule has 2 atom stereocenters. The zero-order valence-electron chi connectivity index (χ0n) is 12.8. The first-order valence-electron chi connectivity index (χ1n) is 8.56. The Hall–Kier alpha value is -0.910. The highest BCUT2D eigenvalue weighted by atomic mass is 15.3. The maximum absolute atomic E-state index is 6.14. The third kappa shape index (κ3) is 2.62. The van der Waals surface area contributed by atoms with E-state index < -0.39 is 0 Å². The van der Waals surface area contributed by atoms with Crippen molar-refractivity contribution in [3.05, 3.63) is 18.2 Å². The van der Waals surface area contributed by atoms with E-state index in [1.165, 1.54) is 64.0 Å². The Bertz CT molecular complexity index is 475. The molecule has 21 heavy (non-hydrogen) atoms. The van der Waals surface area contributed by atoms with Crippen molar-refractivity contribution in [2.75, 3.05) is 32.7 Å². The fraction of sp³-hybridized carbons (Fsp3) is 0.812. The molecule has 2 saturated heterocycles. The summed E-state index contributed by atoms with van der Waals surface area (Å²) in [6.07, 6.45) is 10.7. The summed E-state index contributed by atoms with van der Waals surface area (Å²) in [6.45, 7) is 5.65. The van der Waals surface area contributed by atoms with Gasteiger partial charge in [0.15, 0.2) is 0 Å². The van der Waals surface area contributed by atoms with Gasteiger partial charge in [0.1, 0.15) is 0 Å². The van der Waals surface area contributed by atoms with Crippen LogP contribution < -0.4 is 5.73 Å². The standard InChI is InChI=1S/C16H27N5/c17-9-15(16-10-18-12-21(16)13-3-4-13)20-8-5-14(11-20)19-6-1-2-7-19/h10,12-15H,1-9,11,17H2. The third-order valence-electron chi connectivity index (χ3n) is 5.49. The summed E-state index contributed by atoms with van der Waals surface area (Å²) in [5, 5.41) is 0. The first-order valence-corrected chi connectivity index (χ1v) is 8.56. The van der Waals surface area contributed by atoms with Crippen molar-refractivity contribution in [1.82, 2.24) is 19.4 Å². The molecule has 0 bridgehead atoms. The molecule has 1 aromatic heterocycles. The lowest BCUT2D eigenvalue weighted by Crippen LogP contribution is -2.38. The Balaban J connectivity index is 1.47. The summed E-state index contributed by atoms with van der Waals surface area (Å²) in [5.74, 6) is 0. The zero-order valence-corrected chi connectivity index (χ0v) is 12.8. The Labute approximate surface area is 127 Å². The van der Waals surface area contributed by atoms with E-state index in [4.69, 9.17) is 5.73 Å². The Kier molecular flexibility index (Phi) is 3.73. The van der Waals surface area contributed by atoms with E-state index in [2.05, 4.69) is 19.4 Å². The van der Waals surface area contributed by atoms with E-state index in [0.29, 0.717) is 18.6 Å². The first-order chi connectivity index (χ1) is 10.4. The number of aromatic nitrogens is 2. The largest absolute Gasteiger partial charge is 0.330 e. The predicted octanol–water partition coefficient (Wildman–Crippen LogP) is 1.39. The number of hydrogen-bond donors (Lipinski definition) is 1. The third-order valence-corrected chi connectivity index (χ3v) is 5.49. The summed E-state index contributed by atoms with van der Waals surface area (Å²) in [4.78, 5) is 9.67. The van der Waals surface area contributed by atoms with Gasteiger partial charge in [-0.05, 0) is 45.2 Å². The Morgan fingerprint density at radius 2 is 1.95 bits per heavy atom. The minimum Gasteiger partial charge on any atom is -0.330 e. The van der Waals surface area contributed by atoms with Crippen LogP contribution in [0.15, 0.2) is 12.5 Å². The van der Waals surface area contributed by atoms with Gasteiger partial charge < -0.3 is 10.3 Å². The van der Waals surface area contributed by atoms with Crippen LogP contribution in [0.1, 0.15) is 49.9 Å². The molecule has 3 aliphatic rings. The molecule has 3 fully saturated rings. The summed E-state index contributed by atoms with van der Waals surface area (Å²) in [5.41, 5.74) is 7.47. The highest BCUT2D eigenvalue weighted by molar-refractivity contribution is 5.11. The average molecular weight is 289 g/mol. The lowest BCUT2D eigenvalue weighted by Gasteiger charge is -2.29. The summed E-state index contributed by atoms with van der Waals surface area (Å²) in [6, 6.07) is 1.79. The van der Waals surface area contributed by atoms with Crippen molar-refractivity contribution < 1.29 is 0 Å². The van der Waals surface area contributed by atoms with Gasteiger partial charge in [-0.15, -0.1) is 0 Å². The average Bonchev–Trinajstić information content (AvgIpc) is 2.96. The van der Waals surface area contributed by atoms with E-state index in [0.717, 1.165) is 6.04 Å². The molecule has 1 aromatic rings. The first kappa shape index (κ1) is 13.7. The van der Waals surface area contributed by atoms with E-state index >= 15 is 0 Å². The molecule has 2 unspecified atom stereocenters.